The molecule has 7 heavy (non-hydrogen) atoms. The summed E-state index contributed by atoms with van der Waals surface area (Å²) in [6.07, 6.45) is -0.440. The molecule has 0 radical (unpaired) electrons. The lowest BCUT2D eigenvalue weighted by Gasteiger charge is -1.96. The number of rotatable bonds is 2. The van der Waals surface area contributed by atoms with Crippen LogP contribution in [0.3, 0.4) is 0 Å². The highest BCUT2D eigenvalue weighted by atomic mass is 31.1. The van der Waals surface area contributed by atoms with E-state index in [4.69, 9.17) is 15.7 Å². The highest BCUT2D eigenvalue weighted by Gasteiger charge is 2.07. The average Bonchev–Trinajstić information content (AvgIpc) is 1.65. The van der Waals surface area contributed by atoms with Crippen LogP contribution >= 0.6 is 8.07 Å². The van der Waals surface area contributed by atoms with Crippen LogP contribution in [0.2, 0.25) is 0 Å². The molecule has 0 amide bonds. The third-order valence-corrected chi connectivity index (χ3v) is 1.19. The zero-order chi connectivity index (χ0) is 5.86. The van der Waals surface area contributed by atoms with Gasteiger partial charge in [0.25, 0.3) is 0 Å². The number of carbonyl (C=O) groups is 1. The molecule has 5 heteroatoms. The molecule has 0 aromatic heterocycles. The van der Waals surface area contributed by atoms with Gasteiger partial charge in [0.1, 0.15) is 8.07 Å². The Kier molecular flexibility index (Phi) is 2.83. The summed E-state index contributed by atoms with van der Waals surface area (Å²) in [6.45, 7) is 0. The molecule has 0 spiro atoms. The first-order valence-electron chi connectivity index (χ1n) is 1.54. The third kappa shape index (κ3) is 2.51. The molecule has 0 aliphatic rings. The van der Waals surface area contributed by atoms with Crippen LogP contribution in [0.15, 0.2) is 0 Å². The smallest absolute Gasteiger partial charge is 0.341 e. The number of aliphatic hydroxyl groups excluding tert-OH is 1. The zero-order valence-electron chi connectivity index (χ0n) is 3.53. The molecule has 0 aliphatic carbocycles. The largest absolute Gasteiger partial charge is 0.477 e. The Morgan fingerprint density at radius 3 is 2.29 bits per heavy atom. The standard InChI is InChI=1S/C2H6NO3P/c3-7(1-4)2(5)6/h4H,1,3H2,(H,5,6)/t7-/m0/s1. The summed E-state index contributed by atoms with van der Waals surface area (Å²) in [5, 5.41) is 16.0. The second-order valence-corrected chi connectivity index (χ2v) is 2.50. The fraction of sp³-hybridized carbons (Fsp3) is 0.500. The molecule has 0 aromatic carbocycles. The van der Waals surface area contributed by atoms with Gasteiger partial charge in [-0.15, -0.1) is 0 Å². The molecule has 0 aromatic rings. The average molecular weight is 123 g/mol. The maximum atomic E-state index is 9.67. The van der Waals surface area contributed by atoms with E-state index in [2.05, 4.69) is 0 Å². The van der Waals surface area contributed by atoms with Crippen LogP contribution in [0.5, 0.6) is 0 Å². The first-order chi connectivity index (χ1) is 3.18. The van der Waals surface area contributed by atoms with Crippen molar-refractivity contribution in [2.75, 3.05) is 6.35 Å². The van der Waals surface area contributed by atoms with Gasteiger partial charge in [-0.3, -0.25) is 5.50 Å². The van der Waals surface area contributed by atoms with Crippen molar-refractivity contribution < 1.29 is 15.0 Å². The molecule has 0 saturated heterocycles. The lowest BCUT2D eigenvalue weighted by molar-refractivity contribution is 0.220. The minimum atomic E-state index is -1.67. The van der Waals surface area contributed by atoms with Crippen molar-refractivity contribution in [2.45, 2.75) is 0 Å². The number of nitrogens with two attached hydrogens (primary N) is 1. The molecule has 0 heterocycles. The normalized spacial score (nSPS) is 13.4. The van der Waals surface area contributed by atoms with E-state index in [9.17, 15) is 4.79 Å². The van der Waals surface area contributed by atoms with E-state index < -0.39 is 20.1 Å². The van der Waals surface area contributed by atoms with Crippen molar-refractivity contribution in [3.05, 3.63) is 0 Å². The molecular formula is C2H6NO3P. The van der Waals surface area contributed by atoms with Crippen molar-refractivity contribution >= 4 is 13.8 Å². The second-order valence-electron chi connectivity index (χ2n) is 0.894. The summed E-state index contributed by atoms with van der Waals surface area (Å²) in [5.74, 6) is 0. The van der Waals surface area contributed by atoms with Gasteiger partial charge in [-0.1, -0.05) is 0 Å². The maximum Gasteiger partial charge on any atom is 0.341 e. The fourth-order valence-corrected chi connectivity index (χ4v) is 0.181. The Hall–Kier alpha value is -0.180. The van der Waals surface area contributed by atoms with Crippen molar-refractivity contribution in [1.29, 1.82) is 0 Å². The van der Waals surface area contributed by atoms with E-state index in [1.165, 1.54) is 0 Å². The van der Waals surface area contributed by atoms with Gasteiger partial charge >= 0.3 is 5.71 Å². The maximum absolute atomic E-state index is 9.67. The van der Waals surface area contributed by atoms with Crippen LogP contribution in [0, 0.1) is 0 Å². The van der Waals surface area contributed by atoms with Gasteiger partial charge in [0.15, 0.2) is 0 Å². The monoisotopic (exact) mass is 123 g/mol. The molecule has 1 atom stereocenters. The number of aliphatic hydroxyl groups is 1. The highest BCUT2D eigenvalue weighted by Crippen LogP contribution is 2.22. The lowest BCUT2D eigenvalue weighted by Crippen LogP contribution is -2.01. The molecule has 0 rings (SSSR count). The van der Waals surface area contributed by atoms with Gasteiger partial charge in [0.05, 0.1) is 6.35 Å². The predicted molar refractivity (Wildman–Crippen MR) is 26.2 cm³/mol. The second kappa shape index (κ2) is 2.91. The van der Waals surface area contributed by atoms with E-state index in [1.807, 2.05) is 0 Å². The predicted octanol–water partition coefficient (Wildman–Crippen LogP) is -0.0302. The van der Waals surface area contributed by atoms with Gasteiger partial charge < -0.3 is 10.2 Å². The van der Waals surface area contributed by atoms with Crippen molar-refractivity contribution in [3.63, 3.8) is 0 Å². The SMILES string of the molecule is N[P@@](CO)C(=O)O. The molecule has 0 saturated carbocycles. The van der Waals surface area contributed by atoms with Crippen molar-refractivity contribution in [2.24, 2.45) is 5.50 Å². The summed E-state index contributed by atoms with van der Waals surface area (Å²) in [5.41, 5.74) is 3.72. The topological polar surface area (TPSA) is 83.5 Å². The first-order valence-corrected chi connectivity index (χ1v) is 3.14. The summed E-state index contributed by atoms with van der Waals surface area (Å²) in [4.78, 5) is 9.67. The molecule has 0 bridgehead atoms. The summed E-state index contributed by atoms with van der Waals surface area (Å²) < 4.78 is 0. The van der Waals surface area contributed by atoms with Gasteiger partial charge in [0, 0.05) is 0 Å². The summed E-state index contributed by atoms with van der Waals surface area (Å²) in [7, 11) is -1.67. The Bertz CT molecular complexity index is 75.3. The van der Waals surface area contributed by atoms with Crippen molar-refractivity contribution in [3.8, 4) is 0 Å². The number of hydrogen-bond acceptors (Lipinski definition) is 3. The third-order valence-electron chi connectivity index (χ3n) is 0.398. The first kappa shape index (κ1) is 6.82. The summed E-state index contributed by atoms with van der Waals surface area (Å²) >= 11 is 0. The van der Waals surface area contributed by atoms with E-state index in [1.54, 1.807) is 0 Å². The quantitative estimate of drug-likeness (QED) is 0.450. The van der Waals surface area contributed by atoms with Crippen LogP contribution in [-0.2, 0) is 0 Å². The highest BCUT2D eigenvalue weighted by molar-refractivity contribution is 7.71. The summed E-state index contributed by atoms with van der Waals surface area (Å²) in [6, 6.07) is 0. The molecule has 4 N–H and O–H groups in total. The van der Waals surface area contributed by atoms with Crippen LogP contribution in [0.4, 0.5) is 4.79 Å². The minimum Gasteiger partial charge on any atom is -0.477 e. The molecule has 0 fully saturated rings. The Morgan fingerprint density at radius 2 is 2.29 bits per heavy atom. The van der Waals surface area contributed by atoms with Crippen LogP contribution < -0.4 is 5.50 Å². The van der Waals surface area contributed by atoms with Gasteiger partial charge in [-0.2, -0.15) is 0 Å². The van der Waals surface area contributed by atoms with Crippen LogP contribution in [0.1, 0.15) is 0 Å². The number of hydrogen-bond donors (Lipinski definition) is 3. The van der Waals surface area contributed by atoms with Crippen LogP contribution in [0.25, 0.3) is 0 Å². The van der Waals surface area contributed by atoms with Gasteiger partial charge in [-0.05, 0) is 0 Å². The Balaban J connectivity index is 3.34. The van der Waals surface area contributed by atoms with Gasteiger partial charge in [0.2, 0.25) is 0 Å². The van der Waals surface area contributed by atoms with E-state index in [0.717, 1.165) is 0 Å². The Morgan fingerprint density at radius 1 is 1.86 bits per heavy atom. The van der Waals surface area contributed by atoms with Crippen molar-refractivity contribution in [1.82, 2.24) is 0 Å². The Labute approximate surface area is 41.7 Å². The molecule has 4 nitrogen and oxygen atoms in total. The molecule has 42 valence electrons. The van der Waals surface area contributed by atoms with E-state index >= 15 is 0 Å². The fourth-order valence-electron chi connectivity index (χ4n) is 0.0605. The van der Waals surface area contributed by atoms with E-state index in [-0.39, 0.29) is 0 Å². The van der Waals surface area contributed by atoms with Crippen LogP contribution in [-0.4, -0.2) is 22.3 Å². The molecular weight excluding hydrogens is 117 g/mol. The molecule has 0 unspecified atom stereocenters. The van der Waals surface area contributed by atoms with E-state index in [0.29, 0.717) is 0 Å². The lowest BCUT2D eigenvalue weighted by atomic mass is 11.6. The zero-order valence-corrected chi connectivity index (χ0v) is 4.43. The minimum absolute atomic E-state index is 0.440. The molecule has 0 aliphatic heterocycles. The van der Waals surface area contributed by atoms with Gasteiger partial charge in [-0.25, -0.2) is 4.79 Å². The number of carboxylic acid groups (broad SMARTS) is 1.